The van der Waals surface area contributed by atoms with Crippen LogP contribution in [0.3, 0.4) is 0 Å². The van der Waals surface area contributed by atoms with Gasteiger partial charge < -0.3 is 4.90 Å². The van der Waals surface area contributed by atoms with Gasteiger partial charge in [-0.3, -0.25) is 9.59 Å². The zero-order valence-corrected chi connectivity index (χ0v) is 12.8. The smallest absolute Gasteiger partial charge is 0.269 e. The number of nitrogens with zero attached hydrogens (tertiary/aromatic N) is 2. The van der Waals surface area contributed by atoms with Crippen molar-refractivity contribution in [3.63, 3.8) is 0 Å². The molecule has 0 N–H and O–H groups in total. The summed E-state index contributed by atoms with van der Waals surface area (Å²) in [5.41, 5.74) is 1.27. The van der Waals surface area contributed by atoms with E-state index in [0.717, 1.165) is 0 Å². The van der Waals surface area contributed by atoms with Crippen LogP contribution in [-0.2, 0) is 0 Å². The van der Waals surface area contributed by atoms with E-state index in [1.54, 1.807) is 31.3 Å². The second kappa shape index (κ2) is 5.63. The second-order valence-corrected chi connectivity index (χ2v) is 6.25. The number of amides is 1. The van der Waals surface area contributed by atoms with Gasteiger partial charge in [-0.25, -0.2) is 4.98 Å². The predicted molar refractivity (Wildman–Crippen MR) is 79.0 cm³/mol. The van der Waals surface area contributed by atoms with Gasteiger partial charge >= 0.3 is 0 Å². The molecule has 0 aliphatic carbocycles. The number of hydrogen-bond acceptors (Lipinski definition) is 4. The molecule has 0 fully saturated rings. The van der Waals surface area contributed by atoms with E-state index in [0.29, 0.717) is 20.0 Å². The van der Waals surface area contributed by atoms with E-state index >= 15 is 0 Å². The van der Waals surface area contributed by atoms with Crippen LogP contribution < -0.4 is 4.90 Å². The molecule has 0 bridgehead atoms. The van der Waals surface area contributed by atoms with Gasteiger partial charge in [0.25, 0.3) is 5.91 Å². The van der Waals surface area contributed by atoms with Crippen molar-refractivity contribution < 1.29 is 9.59 Å². The molecule has 0 saturated heterocycles. The molecule has 4 nitrogen and oxygen atoms in total. The van der Waals surface area contributed by atoms with Crippen LogP contribution in [-0.4, -0.2) is 23.7 Å². The van der Waals surface area contributed by atoms with E-state index in [1.165, 1.54) is 29.4 Å². The fourth-order valence-electron chi connectivity index (χ4n) is 1.57. The molecule has 0 spiro atoms. The summed E-state index contributed by atoms with van der Waals surface area (Å²) >= 11 is 4.51. The van der Waals surface area contributed by atoms with E-state index in [-0.39, 0.29) is 11.7 Å². The SMILES string of the molecule is CC(=O)c1cccc(N(C)C(=O)c2cnc(Br)s2)c1. The van der Waals surface area contributed by atoms with Crippen LogP contribution >= 0.6 is 27.3 Å². The summed E-state index contributed by atoms with van der Waals surface area (Å²) < 4.78 is 0.668. The molecule has 2 rings (SSSR count). The van der Waals surface area contributed by atoms with Crippen molar-refractivity contribution in [3.05, 3.63) is 44.8 Å². The Morgan fingerprint density at radius 1 is 1.37 bits per heavy atom. The number of hydrogen-bond donors (Lipinski definition) is 0. The van der Waals surface area contributed by atoms with E-state index < -0.39 is 0 Å². The van der Waals surface area contributed by atoms with Crippen LogP contribution in [0.25, 0.3) is 0 Å². The van der Waals surface area contributed by atoms with E-state index in [9.17, 15) is 9.59 Å². The highest BCUT2D eigenvalue weighted by Gasteiger charge is 2.16. The molecular weight excluding hydrogens is 328 g/mol. The normalized spacial score (nSPS) is 10.3. The average Bonchev–Trinajstić information content (AvgIpc) is 2.84. The third-order valence-electron chi connectivity index (χ3n) is 2.63. The monoisotopic (exact) mass is 338 g/mol. The lowest BCUT2D eigenvalue weighted by Crippen LogP contribution is -2.25. The zero-order chi connectivity index (χ0) is 14.0. The summed E-state index contributed by atoms with van der Waals surface area (Å²) in [5.74, 6) is -0.174. The van der Waals surface area contributed by atoms with Gasteiger partial charge in [0.2, 0.25) is 0 Å². The number of ketones is 1. The van der Waals surface area contributed by atoms with Gasteiger partial charge in [-0.15, -0.1) is 11.3 Å². The van der Waals surface area contributed by atoms with Crippen molar-refractivity contribution in [1.82, 2.24) is 4.98 Å². The fraction of sp³-hybridized carbons (Fsp3) is 0.154. The van der Waals surface area contributed by atoms with Gasteiger partial charge in [0.05, 0.1) is 6.20 Å². The summed E-state index contributed by atoms with van der Waals surface area (Å²) in [6.45, 7) is 1.50. The molecule has 0 aliphatic heterocycles. The zero-order valence-electron chi connectivity index (χ0n) is 10.4. The number of Topliss-reactive ketones (excluding diaryl/α,β-unsaturated/α-hetero) is 1. The summed E-state index contributed by atoms with van der Waals surface area (Å²) in [4.78, 5) is 29.6. The first-order valence-corrected chi connectivity index (χ1v) is 7.10. The molecule has 1 heterocycles. The number of carbonyl (C=O) groups excluding carboxylic acids is 2. The summed E-state index contributed by atoms with van der Waals surface area (Å²) in [5, 5.41) is 0. The number of rotatable bonds is 3. The Kier molecular flexibility index (Phi) is 4.11. The van der Waals surface area contributed by atoms with Crippen molar-refractivity contribution in [2.45, 2.75) is 6.92 Å². The van der Waals surface area contributed by atoms with Gasteiger partial charge in [0.1, 0.15) is 4.88 Å². The minimum atomic E-state index is -0.149. The van der Waals surface area contributed by atoms with E-state index in [2.05, 4.69) is 20.9 Å². The molecule has 1 aromatic heterocycles. The Hall–Kier alpha value is -1.53. The lowest BCUT2D eigenvalue weighted by molar-refractivity contribution is 0.0991. The first kappa shape index (κ1) is 13.9. The number of halogens is 1. The van der Waals surface area contributed by atoms with E-state index in [1.807, 2.05) is 0 Å². The summed E-state index contributed by atoms with van der Waals surface area (Å²) in [6, 6.07) is 6.99. The lowest BCUT2D eigenvalue weighted by Gasteiger charge is -2.16. The quantitative estimate of drug-likeness (QED) is 0.806. The minimum Gasteiger partial charge on any atom is -0.311 e. The van der Waals surface area contributed by atoms with Gasteiger partial charge in [-0.1, -0.05) is 12.1 Å². The Balaban J connectivity index is 2.28. The largest absolute Gasteiger partial charge is 0.311 e. The van der Waals surface area contributed by atoms with Crippen molar-refractivity contribution in [3.8, 4) is 0 Å². The maximum absolute atomic E-state index is 12.2. The molecule has 1 aromatic carbocycles. The minimum absolute atomic E-state index is 0.0248. The number of aromatic nitrogens is 1. The van der Waals surface area contributed by atoms with Crippen molar-refractivity contribution in [2.24, 2.45) is 0 Å². The van der Waals surface area contributed by atoms with Crippen molar-refractivity contribution in [2.75, 3.05) is 11.9 Å². The van der Waals surface area contributed by atoms with Crippen LogP contribution in [0.1, 0.15) is 27.0 Å². The van der Waals surface area contributed by atoms with Crippen LogP contribution in [0.2, 0.25) is 0 Å². The molecule has 0 saturated carbocycles. The lowest BCUT2D eigenvalue weighted by atomic mass is 10.1. The number of thiazole rings is 1. The maximum atomic E-state index is 12.2. The standard InChI is InChI=1S/C13H11BrN2O2S/c1-8(17)9-4-3-5-10(6-9)16(2)12(18)11-7-15-13(14)19-11/h3-7H,1-2H3. The number of carbonyl (C=O) groups is 2. The van der Waals surface area contributed by atoms with Crippen LogP contribution in [0.4, 0.5) is 5.69 Å². The first-order chi connectivity index (χ1) is 8.99. The number of anilines is 1. The van der Waals surface area contributed by atoms with Crippen molar-refractivity contribution >= 4 is 44.6 Å². The summed E-state index contributed by atoms with van der Waals surface area (Å²) in [7, 11) is 1.68. The third-order valence-corrected chi connectivity index (χ3v) is 4.10. The Labute approximate surface area is 123 Å². The summed E-state index contributed by atoms with van der Waals surface area (Å²) in [6.07, 6.45) is 1.53. The van der Waals surface area contributed by atoms with E-state index in [4.69, 9.17) is 0 Å². The van der Waals surface area contributed by atoms with Crippen LogP contribution in [0.5, 0.6) is 0 Å². The highest BCUT2D eigenvalue weighted by atomic mass is 79.9. The van der Waals surface area contributed by atoms with Gasteiger partial charge in [0, 0.05) is 18.3 Å². The highest BCUT2D eigenvalue weighted by Crippen LogP contribution is 2.23. The van der Waals surface area contributed by atoms with Crippen molar-refractivity contribution in [1.29, 1.82) is 0 Å². The fourth-order valence-corrected chi connectivity index (χ4v) is 2.81. The highest BCUT2D eigenvalue weighted by molar-refractivity contribution is 9.11. The van der Waals surface area contributed by atoms with Gasteiger partial charge in [0.15, 0.2) is 9.70 Å². The molecule has 0 radical (unpaired) electrons. The molecular formula is C13H11BrN2O2S. The first-order valence-electron chi connectivity index (χ1n) is 5.49. The molecule has 2 aromatic rings. The van der Waals surface area contributed by atoms with Gasteiger partial charge in [-0.05, 0) is 35.0 Å². The average molecular weight is 339 g/mol. The van der Waals surface area contributed by atoms with Gasteiger partial charge in [-0.2, -0.15) is 0 Å². The molecule has 6 heteroatoms. The molecule has 0 unspecified atom stereocenters. The molecule has 1 amide bonds. The molecule has 0 aliphatic rings. The Morgan fingerprint density at radius 2 is 2.11 bits per heavy atom. The van der Waals surface area contributed by atoms with Crippen LogP contribution in [0.15, 0.2) is 34.4 Å². The maximum Gasteiger partial charge on any atom is 0.269 e. The third kappa shape index (κ3) is 3.08. The number of benzene rings is 1. The molecule has 98 valence electrons. The topological polar surface area (TPSA) is 50.3 Å². The Bertz CT molecular complexity index is 639. The second-order valence-electron chi connectivity index (χ2n) is 3.95. The van der Waals surface area contributed by atoms with Crippen LogP contribution in [0, 0.1) is 0 Å². The Morgan fingerprint density at radius 3 is 2.68 bits per heavy atom. The molecule has 0 atom stereocenters. The predicted octanol–water partition coefficient (Wildman–Crippen LogP) is 3.38. The molecule has 19 heavy (non-hydrogen) atoms.